The molecule has 1 aliphatic heterocycles. The lowest BCUT2D eigenvalue weighted by Gasteiger charge is -2.30. The van der Waals surface area contributed by atoms with Crippen LogP contribution in [0.2, 0.25) is 10.0 Å². The summed E-state index contributed by atoms with van der Waals surface area (Å²) < 4.78 is 26.6. The monoisotopic (exact) mass is 466 g/mol. The van der Waals surface area contributed by atoms with Gasteiger partial charge in [-0.2, -0.15) is 4.31 Å². The molecule has 1 fully saturated rings. The largest absolute Gasteiger partial charge is 0.349 e. The number of hydrogen-bond donors (Lipinski definition) is 1. The molecule has 1 heterocycles. The summed E-state index contributed by atoms with van der Waals surface area (Å²) in [6.07, 6.45) is 2.54. The predicted molar refractivity (Wildman–Crippen MR) is 122 cm³/mol. The number of piperidine rings is 1. The molecule has 0 radical (unpaired) electrons. The van der Waals surface area contributed by atoms with Crippen LogP contribution >= 0.6 is 23.2 Å². The van der Waals surface area contributed by atoms with Crippen molar-refractivity contribution in [3.8, 4) is 0 Å². The van der Waals surface area contributed by atoms with E-state index in [0.29, 0.717) is 36.0 Å². The Hall–Kier alpha value is -1.86. The molecule has 2 aromatic carbocycles. The van der Waals surface area contributed by atoms with Gasteiger partial charge in [0, 0.05) is 34.5 Å². The van der Waals surface area contributed by atoms with Crippen LogP contribution in [0.1, 0.15) is 36.9 Å². The standard InChI is InChI=1S/C22H24Cl2N2O3S/c1-16(20-8-7-19(23)15-21(20)24)25-22(27)18-9-12-26(13-10-18)30(28,29)14-11-17-5-3-2-4-6-17/h2-8,11,14-16,18H,9-10,12-13H2,1H3,(H,25,27). The molecule has 8 heteroatoms. The maximum atomic E-state index is 12.7. The Morgan fingerprint density at radius 2 is 1.80 bits per heavy atom. The summed E-state index contributed by atoms with van der Waals surface area (Å²) in [7, 11) is -3.52. The number of benzene rings is 2. The first kappa shape index (κ1) is 22.8. The fourth-order valence-corrected chi connectivity index (χ4v) is 5.24. The van der Waals surface area contributed by atoms with E-state index >= 15 is 0 Å². The van der Waals surface area contributed by atoms with E-state index < -0.39 is 10.0 Å². The molecule has 3 rings (SSSR count). The molecule has 1 saturated heterocycles. The lowest BCUT2D eigenvalue weighted by molar-refractivity contribution is -0.126. The second-order valence-corrected chi connectivity index (χ2v) is 9.99. The first-order valence-corrected chi connectivity index (χ1v) is 12.0. The lowest BCUT2D eigenvalue weighted by Crippen LogP contribution is -2.42. The van der Waals surface area contributed by atoms with E-state index in [1.54, 1.807) is 24.3 Å². The number of carbonyl (C=O) groups excluding carboxylic acids is 1. The molecule has 1 atom stereocenters. The van der Waals surface area contributed by atoms with Crippen molar-refractivity contribution in [3.05, 3.63) is 75.1 Å². The quantitative estimate of drug-likeness (QED) is 0.659. The van der Waals surface area contributed by atoms with E-state index in [2.05, 4.69) is 5.32 Å². The summed E-state index contributed by atoms with van der Waals surface area (Å²) in [5, 5.41) is 5.25. The number of nitrogens with one attached hydrogen (secondary N) is 1. The third-order valence-electron chi connectivity index (χ3n) is 5.20. The van der Waals surface area contributed by atoms with Crippen molar-refractivity contribution in [1.82, 2.24) is 9.62 Å². The van der Waals surface area contributed by atoms with Crippen molar-refractivity contribution in [2.75, 3.05) is 13.1 Å². The van der Waals surface area contributed by atoms with Gasteiger partial charge in [0.25, 0.3) is 0 Å². The van der Waals surface area contributed by atoms with Crippen LogP contribution < -0.4 is 5.32 Å². The van der Waals surface area contributed by atoms with Crippen LogP contribution in [0.15, 0.2) is 53.9 Å². The Labute approximate surface area is 187 Å². The Kier molecular flexibility index (Phi) is 7.58. The number of nitrogens with zero attached hydrogens (tertiary/aromatic N) is 1. The average Bonchev–Trinajstić information content (AvgIpc) is 2.73. The number of halogens is 2. The van der Waals surface area contributed by atoms with Crippen LogP contribution in [0.4, 0.5) is 0 Å². The highest BCUT2D eigenvalue weighted by atomic mass is 35.5. The van der Waals surface area contributed by atoms with Gasteiger partial charge in [0.05, 0.1) is 6.04 Å². The van der Waals surface area contributed by atoms with Gasteiger partial charge in [0.1, 0.15) is 0 Å². The zero-order valence-electron chi connectivity index (χ0n) is 16.6. The molecule has 1 unspecified atom stereocenters. The van der Waals surface area contributed by atoms with Gasteiger partial charge in [-0.3, -0.25) is 4.79 Å². The van der Waals surface area contributed by atoms with E-state index in [1.165, 1.54) is 9.71 Å². The Bertz CT molecular complexity index is 1020. The molecule has 1 N–H and O–H groups in total. The van der Waals surface area contributed by atoms with Crippen LogP contribution in [-0.2, 0) is 14.8 Å². The first-order valence-electron chi connectivity index (χ1n) is 9.75. The lowest BCUT2D eigenvalue weighted by atomic mass is 9.96. The Morgan fingerprint density at radius 3 is 2.43 bits per heavy atom. The summed E-state index contributed by atoms with van der Waals surface area (Å²) in [6.45, 7) is 2.49. The minimum absolute atomic E-state index is 0.0922. The smallest absolute Gasteiger partial charge is 0.236 e. The zero-order chi connectivity index (χ0) is 21.7. The van der Waals surface area contributed by atoms with Gasteiger partial charge < -0.3 is 5.32 Å². The summed E-state index contributed by atoms with van der Waals surface area (Å²) in [5.74, 6) is -0.325. The molecule has 0 saturated carbocycles. The average molecular weight is 467 g/mol. The van der Waals surface area contributed by atoms with Gasteiger partial charge in [-0.25, -0.2) is 8.42 Å². The minimum Gasteiger partial charge on any atom is -0.349 e. The summed E-state index contributed by atoms with van der Waals surface area (Å²) in [6, 6.07) is 14.2. The topological polar surface area (TPSA) is 66.5 Å². The highest BCUT2D eigenvalue weighted by molar-refractivity contribution is 7.92. The van der Waals surface area contributed by atoms with Gasteiger partial charge in [-0.05, 0) is 49.1 Å². The van der Waals surface area contributed by atoms with Crippen LogP contribution in [0, 0.1) is 5.92 Å². The maximum absolute atomic E-state index is 12.7. The molecule has 5 nitrogen and oxygen atoms in total. The highest BCUT2D eigenvalue weighted by Gasteiger charge is 2.30. The second kappa shape index (κ2) is 9.96. The highest BCUT2D eigenvalue weighted by Crippen LogP contribution is 2.27. The minimum atomic E-state index is -3.52. The van der Waals surface area contributed by atoms with Crippen molar-refractivity contribution in [1.29, 1.82) is 0 Å². The van der Waals surface area contributed by atoms with E-state index in [4.69, 9.17) is 23.2 Å². The first-order chi connectivity index (χ1) is 14.3. The van der Waals surface area contributed by atoms with Crippen molar-refractivity contribution >= 4 is 45.2 Å². The third kappa shape index (κ3) is 5.85. The van der Waals surface area contributed by atoms with E-state index in [1.807, 2.05) is 37.3 Å². The zero-order valence-corrected chi connectivity index (χ0v) is 18.9. The van der Waals surface area contributed by atoms with Crippen LogP contribution in [0.3, 0.4) is 0 Å². The molecule has 0 aliphatic carbocycles. The summed E-state index contributed by atoms with van der Waals surface area (Å²) in [4.78, 5) is 12.7. The summed E-state index contributed by atoms with van der Waals surface area (Å²) >= 11 is 12.1. The summed E-state index contributed by atoms with van der Waals surface area (Å²) in [5.41, 5.74) is 1.62. The Morgan fingerprint density at radius 1 is 1.13 bits per heavy atom. The molecule has 1 aliphatic rings. The van der Waals surface area contributed by atoms with E-state index in [0.717, 1.165) is 11.1 Å². The molecule has 0 bridgehead atoms. The number of carbonyl (C=O) groups is 1. The fourth-order valence-electron chi connectivity index (χ4n) is 3.45. The molecule has 1 amide bonds. The molecule has 0 spiro atoms. The molecule has 30 heavy (non-hydrogen) atoms. The number of hydrogen-bond acceptors (Lipinski definition) is 3. The van der Waals surface area contributed by atoms with Gasteiger partial charge >= 0.3 is 0 Å². The number of sulfonamides is 1. The Balaban J connectivity index is 1.55. The van der Waals surface area contributed by atoms with Gasteiger partial charge in [-0.1, -0.05) is 59.6 Å². The van der Waals surface area contributed by atoms with Crippen molar-refractivity contribution < 1.29 is 13.2 Å². The van der Waals surface area contributed by atoms with Crippen LogP contribution in [0.5, 0.6) is 0 Å². The second-order valence-electron chi connectivity index (χ2n) is 7.33. The van der Waals surface area contributed by atoms with Crippen molar-refractivity contribution in [2.45, 2.75) is 25.8 Å². The number of rotatable bonds is 6. The van der Waals surface area contributed by atoms with Gasteiger partial charge in [-0.15, -0.1) is 0 Å². The van der Waals surface area contributed by atoms with Crippen LogP contribution in [0.25, 0.3) is 6.08 Å². The molecular formula is C22H24Cl2N2O3S. The van der Waals surface area contributed by atoms with E-state index in [-0.39, 0.29) is 17.9 Å². The number of amides is 1. The van der Waals surface area contributed by atoms with Gasteiger partial charge in [0.2, 0.25) is 15.9 Å². The molecule has 160 valence electrons. The van der Waals surface area contributed by atoms with Crippen LogP contribution in [-0.4, -0.2) is 31.7 Å². The van der Waals surface area contributed by atoms with E-state index in [9.17, 15) is 13.2 Å². The molecule has 0 aromatic heterocycles. The molecular weight excluding hydrogens is 443 g/mol. The van der Waals surface area contributed by atoms with Crippen molar-refractivity contribution in [2.24, 2.45) is 5.92 Å². The maximum Gasteiger partial charge on any atom is 0.236 e. The SMILES string of the molecule is CC(NC(=O)C1CCN(S(=O)(=O)C=Cc2ccccc2)CC1)c1ccc(Cl)cc1Cl. The van der Waals surface area contributed by atoms with Crippen molar-refractivity contribution in [3.63, 3.8) is 0 Å². The van der Waals surface area contributed by atoms with Gasteiger partial charge in [0.15, 0.2) is 0 Å². The normalized spacial score (nSPS) is 17.2. The molecule has 2 aromatic rings. The predicted octanol–water partition coefficient (Wildman–Crippen LogP) is 4.88. The third-order valence-corrected chi connectivity index (χ3v) is 7.33. The fraction of sp³-hybridized carbons (Fsp3) is 0.318.